The van der Waals surface area contributed by atoms with Gasteiger partial charge in [0, 0.05) is 5.56 Å². The smallest absolute Gasteiger partial charge is 0.303 e. The van der Waals surface area contributed by atoms with Crippen LogP contribution in [0.4, 0.5) is 4.39 Å². The Hall–Kier alpha value is -3.34. The molecule has 1 aliphatic rings. The number of hydrogen-bond acceptors (Lipinski definition) is 3. The first kappa shape index (κ1) is 27.7. The van der Waals surface area contributed by atoms with E-state index in [0.717, 1.165) is 60.1 Å². The lowest BCUT2D eigenvalue weighted by atomic mass is 9.79. The van der Waals surface area contributed by atoms with Gasteiger partial charge in [-0.2, -0.15) is 0 Å². The van der Waals surface area contributed by atoms with Crippen molar-refractivity contribution in [3.8, 4) is 22.6 Å². The van der Waals surface area contributed by atoms with Gasteiger partial charge in [-0.3, -0.25) is 4.79 Å². The normalized spacial score (nSPS) is 14.2. The molecule has 4 nitrogen and oxygen atoms in total. The highest BCUT2D eigenvalue weighted by atomic mass is 19.1. The van der Waals surface area contributed by atoms with Crippen LogP contribution in [0, 0.1) is 17.2 Å². The van der Waals surface area contributed by atoms with Crippen LogP contribution >= 0.6 is 0 Å². The number of carboxylic acids is 1. The average Bonchev–Trinajstić information content (AvgIpc) is 3.72. The third-order valence-corrected chi connectivity index (χ3v) is 7.51. The molecule has 1 atom stereocenters. The van der Waals surface area contributed by atoms with E-state index >= 15 is 0 Å². The van der Waals surface area contributed by atoms with E-state index in [-0.39, 0.29) is 23.6 Å². The minimum atomic E-state index is -0.765. The molecule has 202 valence electrons. The molecule has 38 heavy (non-hydrogen) atoms. The van der Waals surface area contributed by atoms with E-state index in [1.807, 2.05) is 36.4 Å². The fourth-order valence-electron chi connectivity index (χ4n) is 5.51. The summed E-state index contributed by atoms with van der Waals surface area (Å²) in [4.78, 5) is 11.4. The van der Waals surface area contributed by atoms with Crippen molar-refractivity contribution in [3.05, 3.63) is 83.2 Å². The standard InChI is InChI=1S/C33H39FO4/c1-5-15-33(2,3)20-25-16-22(9-13-28(25)30-18-26(37-4)12-14-31(30)34)21-38-27-8-6-7-24(17-27)29(19-32(35)36)23-10-11-23/h6-9,12-14,16-18,23,29H,5,10-11,15,19-21H2,1-4H3,(H,35,36). The quantitative estimate of drug-likeness (QED) is 0.247. The maximum Gasteiger partial charge on any atom is 0.303 e. The van der Waals surface area contributed by atoms with E-state index in [1.165, 1.54) is 6.07 Å². The van der Waals surface area contributed by atoms with Crippen LogP contribution in [0.1, 0.15) is 75.5 Å². The number of ether oxygens (including phenoxy) is 2. The maximum absolute atomic E-state index is 14.9. The molecule has 0 spiro atoms. The number of carboxylic acid groups (broad SMARTS) is 1. The number of benzene rings is 3. The molecule has 0 bridgehead atoms. The van der Waals surface area contributed by atoms with Gasteiger partial charge in [-0.1, -0.05) is 57.5 Å². The zero-order valence-electron chi connectivity index (χ0n) is 22.9. The Labute approximate surface area is 225 Å². The molecule has 1 aliphatic carbocycles. The van der Waals surface area contributed by atoms with Crippen molar-refractivity contribution in [1.82, 2.24) is 0 Å². The number of carbonyl (C=O) groups is 1. The Morgan fingerprint density at radius 2 is 1.84 bits per heavy atom. The number of halogens is 1. The van der Waals surface area contributed by atoms with Crippen molar-refractivity contribution in [2.24, 2.45) is 11.3 Å². The van der Waals surface area contributed by atoms with E-state index in [0.29, 0.717) is 23.8 Å². The molecule has 0 amide bonds. The molecule has 0 radical (unpaired) electrons. The molecule has 1 saturated carbocycles. The third-order valence-electron chi connectivity index (χ3n) is 7.51. The second-order valence-electron chi connectivity index (χ2n) is 11.3. The van der Waals surface area contributed by atoms with Crippen LogP contribution in [0.25, 0.3) is 11.1 Å². The first-order chi connectivity index (χ1) is 18.2. The molecule has 1 N–H and O–H groups in total. The van der Waals surface area contributed by atoms with Gasteiger partial charge in [0.05, 0.1) is 13.5 Å². The maximum atomic E-state index is 14.9. The Morgan fingerprint density at radius 3 is 2.53 bits per heavy atom. The molecule has 3 aromatic carbocycles. The zero-order valence-corrected chi connectivity index (χ0v) is 22.9. The van der Waals surface area contributed by atoms with Crippen molar-refractivity contribution >= 4 is 5.97 Å². The summed E-state index contributed by atoms with van der Waals surface area (Å²) in [6, 6.07) is 18.8. The summed E-state index contributed by atoms with van der Waals surface area (Å²) in [5, 5.41) is 9.37. The van der Waals surface area contributed by atoms with Crippen LogP contribution in [0.3, 0.4) is 0 Å². The minimum Gasteiger partial charge on any atom is -0.497 e. The van der Waals surface area contributed by atoms with Crippen molar-refractivity contribution in [2.45, 2.75) is 71.8 Å². The number of hydrogen-bond donors (Lipinski definition) is 1. The SMILES string of the molecule is CCCC(C)(C)Cc1cc(COc2cccc(C(CC(=O)O)C3CC3)c2)ccc1-c1cc(OC)ccc1F. The minimum absolute atomic E-state index is 0.0282. The summed E-state index contributed by atoms with van der Waals surface area (Å²) in [5.41, 5.74) is 4.59. The number of rotatable bonds is 13. The van der Waals surface area contributed by atoms with E-state index in [1.54, 1.807) is 19.2 Å². The summed E-state index contributed by atoms with van der Waals surface area (Å²) in [7, 11) is 1.59. The first-order valence-corrected chi connectivity index (χ1v) is 13.6. The first-order valence-electron chi connectivity index (χ1n) is 13.6. The lowest BCUT2D eigenvalue weighted by Crippen LogP contribution is -2.15. The van der Waals surface area contributed by atoms with Gasteiger partial charge in [0.25, 0.3) is 0 Å². The average molecular weight is 519 g/mol. The fourth-order valence-corrected chi connectivity index (χ4v) is 5.51. The predicted molar refractivity (Wildman–Crippen MR) is 149 cm³/mol. The molecule has 0 aromatic heterocycles. The highest BCUT2D eigenvalue weighted by molar-refractivity contribution is 5.70. The van der Waals surface area contributed by atoms with Gasteiger partial charge in [0.1, 0.15) is 23.9 Å². The van der Waals surface area contributed by atoms with Gasteiger partial charge >= 0.3 is 5.97 Å². The fraction of sp³-hybridized carbons (Fsp3) is 0.424. The van der Waals surface area contributed by atoms with Crippen LogP contribution in [0.15, 0.2) is 60.7 Å². The van der Waals surface area contributed by atoms with E-state index < -0.39 is 5.97 Å². The molecule has 0 heterocycles. The van der Waals surface area contributed by atoms with Crippen LogP contribution in [-0.2, 0) is 17.8 Å². The predicted octanol–water partition coefficient (Wildman–Crippen LogP) is 8.42. The van der Waals surface area contributed by atoms with E-state index in [9.17, 15) is 14.3 Å². The van der Waals surface area contributed by atoms with Gasteiger partial charge < -0.3 is 14.6 Å². The van der Waals surface area contributed by atoms with Crippen LogP contribution in [-0.4, -0.2) is 18.2 Å². The van der Waals surface area contributed by atoms with Crippen LogP contribution < -0.4 is 9.47 Å². The summed E-state index contributed by atoms with van der Waals surface area (Å²) < 4.78 is 26.5. The van der Waals surface area contributed by atoms with Crippen LogP contribution in [0.2, 0.25) is 0 Å². The Kier molecular flexibility index (Phi) is 8.76. The number of aliphatic carboxylic acids is 1. The molecule has 5 heteroatoms. The van der Waals surface area contributed by atoms with Crippen molar-refractivity contribution in [3.63, 3.8) is 0 Å². The summed E-state index contributed by atoms with van der Waals surface area (Å²) >= 11 is 0. The Morgan fingerprint density at radius 1 is 1.05 bits per heavy atom. The molecular weight excluding hydrogens is 479 g/mol. The van der Waals surface area contributed by atoms with E-state index in [4.69, 9.17) is 9.47 Å². The lowest BCUT2D eigenvalue weighted by Gasteiger charge is -2.26. The Bertz CT molecular complexity index is 1260. The van der Waals surface area contributed by atoms with Gasteiger partial charge in [0.2, 0.25) is 0 Å². The summed E-state index contributed by atoms with van der Waals surface area (Å²) in [5.74, 6) is 0.793. The van der Waals surface area contributed by atoms with E-state index in [2.05, 4.69) is 26.8 Å². The summed E-state index contributed by atoms with van der Waals surface area (Å²) in [6.07, 6.45) is 5.28. The molecule has 0 saturated heterocycles. The number of methoxy groups -OCH3 is 1. The van der Waals surface area contributed by atoms with Crippen LogP contribution in [0.5, 0.6) is 11.5 Å². The second kappa shape index (κ2) is 12.0. The monoisotopic (exact) mass is 518 g/mol. The highest BCUT2D eigenvalue weighted by Gasteiger charge is 2.33. The lowest BCUT2D eigenvalue weighted by molar-refractivity contribution is -0.137. The largest absolute Gasteiger partial charge is 0.497 e. The third kappa shape index (κ3) is 7.15. The molecule has 1 unspecified atom stereocenters. The molecule has 3 aromatic rings. The highest BCUT2D eigenvalue weighted by Crippen LogP contribution is 2.45. The van der Waals surface area contributed by atoms with Crippen molar-refractivity contribution < 1.29 is 23.8 Å². The van der Waals surface area contributed by atoms with Gasteiger partial charge in [0.15, 0.2) is 0 Å². The topological polar surface area (TPSA) is 55.8 Å². The molecule has 0 aliphatic heterocycles. The second-order valence-corrected chi connectivity index (χ2v) is 11.3. The van der Waals surface area contributed by atoms with Gasteiger partial charge in [-0.25, -0.2) is 4.39 Å². The van der Waals surface area contributed by atoms with Gasteiger partial charge in [-0.05, 0) is 95.5 Å². The van der Waals surface area contributed by atoms with Crippen molar-refractivity contribution in [2.75, 3.05) is 7.11 Å². The summed E-state index contributed by atoms with van der Waals surface area (Å²) in [6.45, 7) is 7.07. The molecule has 1 fully saturated rings. The zero-order chi connectivity index (χ0) is 27.3. The van der Waals surface area contributed by atoms with Gasteiger partial charge in [-0.15, -0.1) is 0 Å². The Balaban J connectivity index is 1.59. The van der Waals surface area contributed by atoms with Crippen molar-refractivity contribution in [1.29, 1.82) is 0 Å². The molecule has 4 rings (SSSR count). The molecular formula is C33H39FO4.